The second-order valence-corrected chi connectivity index (χ2v) is 6.28. The van der Waals surface area contributed by atoms with Crippen LogP contribution < -0.4 is 0 Å². The van der Waals surface area contributed by atoms with Gasteiger partial charge >= 0.3 is 5.97 Å². The third-order valence-electron chi connectivity index (χ3n) is 3.46. The van der Waals surface area contributed by atoms with Gasteiger partial charge in [0.1, 0.15) is 6.04 Å². The van der Waals surface area contributed by atoms with Crippen molar-refractivity contribution in [3.8, 4) is 0 Å². The van der Waals surface area contributed by atoms with Crippen LogP contribution in [0.2, 0.25) is 5.02 Å². The fraction of sp³-hybridized carbons (Fsp3) is 0.429. The van der Waals surface area contributed by atoms with Crippen molar-refractivity contribution in [1.29, 1.82) is 0 Å². The summed E-state index contributed by atoms with van der Waals surface area (Å²) in [6.45, 7) is 2.38. The van der Waals surface area contributed by atoms with E-state index in [9.17, 15) is 14.7 Å². The molecule has 4 nitrogen and oxygen atoms in total. The average molecular weight is 314 g/mol. The lowest BCUT2D eigenvalue weighted by atomic mass is 10.0. The largest absolute Gasteiger partial charge is 0.480 e. The summed E-state index contributed by atoms with van der Waals surface area (Å²) in [6.07, 6.45) is 0.736. The van der Waals surface area contributed by atoms with Gasteiger partial charge in [-0.25, -0.2) is 4.79 Å². The molecule has 0 bridgehead atoms. The summed E-state index contributed by atoms with van der Waals surface area (Å²) >= 11 is 7.37. The number of carboxylic acid groups (broad SMARTS) is 1. The summed E-state index contributed by atoms with van der Waals surface area (Å²) in [5.74, 6) is -0.861. The Balaban J connectivity index is 1.99. The van der Waals surface area contributed by atoms with Gasteiger partial charge in [-0.3, -0.25) is 4.79 Å². The number of carbonyl (C=O) groups is 2. The number of amides is 1. The lowest BCUT2D eigenvalue weighted by Crippen LogP contribution is -2.43. The lowest BCUT2D eigenvalue weighted by Gasteiger charge is -2.23. The van der Waals surface area contributed by atoms with E-state index in [-0.39, 0.29) is 17.6 Å². The Morgan fingerprint density at radius 2 is 2.15 bits per heavy atom. The highest BCUT2D eigenvalue weighted by molar-refractivity contribution is 8.00. The Kier molecular flexibility index (Phi) is 4.94. The summed E-state index contributed by atoms with van der Waals surface area (Å²) in [7, 11) is 0. The number of likely N-dealkylation sites (tertiary alicyclic amines) is 1. The SMILES string of the molecule is CC1CCN(C(=O)CSc2ccccc2Cl)C1C(=O)O. The molecule has 1 amide bonds. The van der Waals surface area contributed by atoms with Crippen molar-refractivity contribution in [1.82, 2.24) is 4.90 Å². The molecule has 2 rings (SSSR count). The standard InChI is InChI=1S/C14H16ClNO3S/c1-9-6-7-16(13(9)14(18)19)12(17)8-20-11-5-3-2-4-10(11)15/h2-5,9,13H,6-8H2,1H3,(H,18,19). The van der Waals surface area contributed by atoms with E-state index >= 15 is 0 Å². The second-order valence-electron chi connectivity index (χ2n) is 4.86. The van der Waals surface area contributed by atoms with Crippen LogP contribution in [0.3, 0.4) is 0 Å². The van der Waals surface area contributed by atoms with Crippen molar-refractivity contribution in [2.45, 2.75) is 24.3 Å². The highest BCUT2D eigenvalue weighted by atomic mass is 35.5. The molecule has 1 heterocycles. The highest BCUT2D eigenvalue weighted by Gasteiger charge is 2.39. The first-order valence-corrected chi connectivity index (χ1v) is 7.76. The molecule has 20 heavy (non-hydrogen) atoms. The minimum absolute atomic E-state index is 0.00163. The smallest absolute Gasteiger partial charge is 0.326 e. The molecule has 1 saturated heterocycles. The Morgan fingerprint density at radius 3 is 2.80 bits per heavy atom. The molecule has 0 spiro atoms. The first-order chi connectivity index (χ1) is 9.50. The number of hydrogen-bond donors (Lipinski definition) is 1. The molecule has 1 aromatic carbocycles. The zero-order chi connectivity index (χ0) is 14.7. The molecule has 0 aliphatic carbocycles. The van der Waals surface area contributed by atoms with Gasteiger partial charge in [-0.15, -0.1) is 11.8 Å². The van der Waals surface area contributed by atoms with Gasteiger partial charge in [0.05, 0.1) is 10.8 Å². The normalized spacial score (nSPS) is 22.0. The maximum Gasteiger partial charge on any atom is 0.326 e. The van der Waals surface area contributed by atoms with Crippen LogP contribution in [0.15, 0.2) is 29.2 Å². The van der Waals surface area contributed by atoms with E-state index in [1.807, 2.05) is 25.1 Å². The third-order valence-corrected chi connectivity index (χ3v) is 4.96. The summed E-state index contributed by atoms with van der Waals surface area (Å²) < 4.78 is 0. The maximum atomic E-state index is 12.2. The first-order valence-electron chi connectivity index (χ1n) is 6.40. The molecule has 1 aliphatic rings. The number of nitrogens with zero attached hydrogens (tertiary/aromatic N) is 1. The van der Waals surface area contributed by atoms with Crippen molar-refractivity contribution in [2.75, 3.05) is 12.3 Å². The Labute approximate surface area is 127 Å². The van der Waals surface area contributed by atoms with Gasteiger partial charge in [0.15, 0.2) is 0 Å². The van der Waals surface area contributed by atoms with E-state index in [2.05, 4.69) is 0 Å². The molecule has 1 N–H and O–H groups in total. The number of aliphatic carboxylic acids is 1. The lowest BCUT2D eigenvalue weighted by molar-refractivity contribution is -0.148. The van der Waals surface area contributed by atoms with E-state index in [0.717, 1.165) is 11.3 Å². The predicted molar refractivity (Wildman–Crippen MR) is 79.1 cm³/mol. The van der Waals surface area contributed by atoms with Crippen LogP contribution in [-0.2, 0) is 9.59 Å². The van der Waals surface area contributed by atoms with E-state index in [1.54, 1.807) is 6.07 Å². The van der Waals surface area contributed by atoms with Crippen LogP contribution >= 0.6 is 23.4 Å². The van der Waals surface area contributed by atoms with Gasteiger partial charge in [-0.2, -0.15) is 0 Å². The van der Waals surface area contributed by atoms with Crippen LogP contribution in [0.1, 0.15) is 13.3 Å². The second kappa shape index (κ2) is 6.50. The number of rotatable bonds is 4. The van der Waals surface area contributed by atoms with Crippen LogP contribution in [0.25, 0.3) is 0 Å². The van der Waals surface area contributed by atoms with E-state index in [1.165, 1.54) is 16.7 Å². The topological polar surface area (TPSA) is 57.6 Å². The first kappa shape index (κ1) is 15.2. The van der Waals surface area contributed by atoms with Gasteiger partial charge in [0, 0.05) is 11.4 Å². The molecule has 0 saturated carbocycles. The van der Waals surface area contributed by atoms with Crippen molar-refractivity contribution >= 4 is 35.2 Å². The van der Waals surface area contributed by atoms with Gasteiger partial charge in [-0.05, 0) is 24.5 Å². The fourth-order valence-corrected chi connectivity index (χ4v) is 3.51. The number of halogens is 1. The number of hydrogen-bond acceptors (Lipinski definition) is 3. The molecule has 108 valence electrons. The fourth-order valence-electron chi connectivity index (χ4n) is 2.39. The molecule has 1 aromatic rings. The summed E-state index contributed by atoms with van der Waals surface area (Å²) in [6, 6.07) is 6.61. The van der Waals surface area contributed by atoms with Crippen molar-refractivity contribution < 1.29 is 14.7 Å². The van der Waals surface area contributed by atoms with E-state index < -0.39 is 12.0 Å². The molecule has 0 radical (unpaired) electrons. The number of thioether (sulfide) groups is 1. The molecule has 1 aliphatic heterocycles. The zero-order valence-corrected chi connectivity index (χ0v) is 12.7. The summed E-state index contributed by atoms with van der Waals surface area (Å²) in [5.41, 5.74) is 0. The van der Waals surface area contributed by atoms with Crippen LogP contribution in [-0.4, -0.2) is 40.2 Å². The van der Waals surface area contributed by atoms with Crippen LogP contribution in [0.4, 0.5) is 0 Å². The predicted octanol–water partition coefficient (Wildman–Crippen LogP) is 2.75. The quantitative estimate of drug-likeness (QED) is 0.868. The van der Waals surface area contributed by atoms with Gasteiger partial charge < -0.3 is 10.0 Å². The van der Waals surface area contributed by atoms with Crippen molar-refractivity contribution in [3.63, 3.8) is 0 Å². The Hall–Kier alpha value is -1.20. The number of benzene rings is 1. The molecule has 6 heteroatoms. The molecule has 2 unspecified atom stereocenters. The third kappa shape index (κ3) is 3.27. The average Bonchev–Trinajstić information content (AvgIpc) is 2.79. The summed E-state index contributed by atoms with van der Waals surface area (Å²) in [5, 5.41) is 9.82. The Morgan fingerprint density at radius 1 is 1.45 bits per heavy atom. The van der Waals surface area contributed by atoms with E-state index in [0.29, 0.717) is 11.6 Å². The minimum Gasteiger partial charge on any atom is -0.480 e. The van der Waals surface area contributed by atoms with Crippen molar-refractivity contribution in [3.05, 3.63) is 29.3 Å². The minimum atomic E-state index is -0.925. The summed E-state index contributed by atoms with van der Waals surface area (Å²) in [4.78, 5) is 25.7. The molecular weight excluding hydrogens is 298 g/mol. The van der Waals surface area contributed by atoms with Crippen LogP contribution in [0, 0.1) is 5.92 Å². The van der Waals surface area contributed by atoms with Gasteiger partial charge in [0.25, 0.3) is 0 Å². The number of carbonyl (C=O) groups excluding carboxylic acids is 1. The monoisotopic (exact) mass is 313 g/mol. The van der Waals surface area contributed by atoms with Gasteiger partial charge in [0.2, 0.25) is 5.91 Å². The highest BCUT2D eigenvalue weighted by Crippen LogP contribution is 2.29. The molecular formula is C14H16ClNO3S. The zero-order valence-electron chi connectivity index (χ0n) is 11.1. The Bertz CT molecular complexity index is 523. The molecule has 2 atom stereocenters. The van der Waals surface area contributed by atoms with E-state index in [4.69, 9.17) is 11.6 Å². The van der Waals surface area contributed by atoms with Crippen LogP contribution in [0.5, 0.6) is 0 Å². The van der Waals surface area contributed by atoms with Crippen molar-refractivity contribution in [2.24, 2.45) is 5.92 Å². The maximum absolute atomic E-state index is 12.2. The molecule has 0 aromatic heterocycles. The molecule has 1 fully saturated rings. The number of carboxylic acids is 1. The van der Waals surface area contributed by atoms with Gasteiger partial charge in [-0.1, -0.05) is 30.7 Å².